The Bertz CT molecular complexity index is 1060. The Morgan fingerprint density at radius 3 is 2.66 bits per heavy atom. The van der Waals surface area contributed by atoms with Gasteiger partial charge in [0.2, 0.25) is 11.8 Å². The minimum absolute atomic E-state index is 0.114. The van der Waals surface area contributed by atoms with Gasteiger partial charge in [-0.25, -0.2) is 4.68 Å². The predicted octanol–water partition coefficient (Wildman–Crippen LogP) is 0.335. The van der Waals surface area contributed by atoms with Crippen LogP contribution in [0.4, 0.5) is 0 Å². The second kappa shape index (κ2) is 8.44. The van der Waals surface area contributed by atoms with E-state index in [1.165, 1.54) is 0 Å². The van der Waals surface area contributed by atoms with Crippen LogP contribution in [0.25, 0.3) is 0 Å². The van der Waals surface area contributed by atoms with Gasteiger partial charge in [0.15, 0.2) is 0 Å². The summed E-state index contributed by atoms with van der Waals surface area (Å²) in [5, 5.41) is 10.6. The molecule has 0 spiro atoms. The molecule has 0 bridgehead atoms. The summed E-state index contributed by atoms with van der Waals surface area (Å²) >= 11 is 0. The maximum absolute atomic E-state index is 13.3. The molecule has 0 saturated carbocycles. The number of carbonyl (C=O) groups excluding carboxylic acids is 3. The van der Waals surface area contributed by atoms with E-state index < -0.39 is 6.04 Å². The smallest absolute Gasteiger partial charge is 0.255 e. The standard InChI is InChI=1S/C22H27N7O3/c23-10-16-13-29(26-25-16)17-6-8-27(9-7-17)11-14-2-1-3-15-12-28(22(32)20(14)15)18-4-5-19(30)24-21(18)31/h1-3,13,17-18H,4-12,23H2,(H,24,30,31). The highest BCUT2D eigenvalue weighted by Crippen LogP contribution is 2.31. The van der Waals surface area contributed by atoms with Crippen LogP contribution < -0.4 is 11.1 Å². The number of hydrogen-bond acceptors (Lipinski definition) is 7. The summed E-state index contributed by atoms with van der Waals surface area (Å²) in [6.45, 7) is 3.29. The van der Waals surface area contributed by atoms with Gasteiger partial charge in [0.1, 0.15) is 6.04 Å². The Morgan fingerprint density at radius 1 is 1.12 bits per heavy atom. The first-order chi connectivity index (χ1) is 15.5. The number of nitrogens with one attached hydrogen (secondary N) is 1. The van der Waals surface area contributed by atoms with Crippen LogP contribution in [0.15, 0.2) is 24.4 Å². The van der Waals surface area contributed by atoms with Gasteiger partial charge in [0.25, 0.3) is 5.91 Å². The zero-order chi connectivity index (χ0) is 22.2. The summed E-state index contributed by atoms with van der Waals surface area (Å²) in [7, 11) is 0. The molecular formula is C22H27N7O3. The molecule has 2 aromatic rings. The zero-order valence-electron chi connectivity index (χ0n) is 17.9. The van der Waals surface area contributed by atoms with Crippen LogP contribution >= 0.6 is 0 Å². The van der Waals surface area contributed by atoms with Crippen molar-refractivity contribution in [2.75, 3.05) is 13.1 Å². The highest BCUT2D eigenvalue weighted by Gasteiger charge is 2.40. The predicted molar refractivity (Wildman–Crippen MR) is 114 cm³/mol. The fraction of sp³-hybridized carbons (Fsp3) is 0.500. The first-order valence-corrected chi connectivity index (χ1v) is 11.1. The summed E-state index contributed by atoms with van der Waals surface area (Å²) in [4.78, 5) is 41.0. The van der Waals surface area contributed by atoms with E-state index in [-0.39, 0.29) is 24.1 Å². The molecule has 2 saturated heterocycles. The van der Waals surface area contributed by atoms with Crippen molar-refractivity contribution in [2.24, 2.45) is 5.73 Å². The molecule has 1 unspecified atom stereocenters. The van der Waals surface area contributed by atoms with Gasteiger partial charge in [-0.1, -0.05) is 23.4 Å². The third-order valence-electron chi connectivity index (χ3n) is 6.73. The second-order valence-corrected chi connectivity index (χ2v) is 8.75. The Labute approximate surface area is 185 Å². The summed E-state index contributed by atoms with van der Waals surface area (Å²) in [6.07, 6.45) is 4.47. The van der Waals surface area contributed by atoms with Gasteiger partial charge in [-0.2, -0.15) is 0 Å². The van der Waals surface area contributed by atoms with Crippen LogP contribution in [0.5, 0.6) is 0 Å². The van der Waals surface area contributed by atoms with Crippen molar-refractivity contribution < 1.29 is 14.4 Å². The number of nitrogens with zero attached hydrogens (tertiary/aromatic N) is 5. The molecule has 4 heterocycles. The van der Waals surface area contributed by atoms with Crippen molar-refractivity contribution in [3.05, 3.63) is 46.8 Å². The van der Waals surface area contributed by atoms with Crippen LogP contribution in [0.1, 0.15) is 58.9 Å². The molecule has 1 aromatic carbocycles. The molecule has 10 nitrogen and oxygen atoms in total. The third kappa shape index (κ3) is 3.80. The van der Waals surface area contributed by atoms with Gasteiger partial charge < -0.3 is 10.6 Å². The highest BCUT2D eigenvalue weighted by molar-refractivity contribution is 6.05. The van der Waals surface area contributed by atoms with Gasteiger partial charge in [-0.05, 0) is 30.4 Å². The van der Waals surface area contributed by atoms with E-state index in [4.69, 9.17) is 5.73 Å². The van der Waals surface area contributed by atoms with E-state index in [9.17, 15) is 14.4 Å². The number of amides is 3. The molecule has 1 aromatic heterocycles. The number of rotatable bonds is 5. The number of likely N-dealkylation sites (tertiary alicyclic amines) is 1. The number of carbonyl (C=O) groups is 3. The van der Waals surface area contributed by atoms with Crippen molar-refractivity contribution in [2.45, 2.75) is 57.4 Å². The Balaban J connectivity index is 1.26. The van der Waals surface area contributed by atoms with Crippen molar-refractivity contribution in [3.8, 4) is 0 Å². The van der Waals surface area contributed by atoms with E-state index in [2.05, 4.69) is 20.5 Å². The minimum atomic E-state index is -0.586. The van der Waals surface area contributed by atoms with E-state index in [0.29, 0.717) is 37.7 Å². The van der Waals surface area contributed by atoms with Crippen molar-refractivity contribution in [1.82, 2.24) is 30.1 Å². The van der Waals surface area contributed by atoms with Crippen LogP contribution in [0.3, 0.4) is 0 Å². The fourth-order valence-corrected chi connectivity index (χ4v) is 4.99. The topological polar surface area (TPSA) is 126 Å². The van der Waals surface area contributed by atoms with Crippen LogP contribution in [0, 0.1) is 0 Å². The molecule has 3 aliphatic rings. The summed E-state index contributed by atoms with van der Waals surface area (Å²) < 4.78 is 1.92. The summed E-state index contributed by atoms with van der Waals surface area (Å²) in [5.74, 6) is -0.765. The lowest BCUT2D eigenvalue weighted by Gasteiger charge is -2.32. The Kier molecular flexibility index (Phi) is 5.48. The van der Waals surface area contributed by atoms with E-state index in [1.54, 1.807) is 4.90 Å². The van der Waals surface area contributed by atoms with E-state index in [0.717, 1.165) is 42.8 Å². The lowest BCUT2D eigenvalue weighted by Crippen LogP contribution is -2.52. The molecule has 10 heteroatoms. The number of hydrogen-bond donors (Lipinski definition) is 2. The lowest BCUT2D eigenvalue weighted by molar-refractivity contribution is -0.136. The van der Waals surface area contributed by atoms with Crippen molar-refractivity contribution in [3.63, 3.8) is 0 Å². The monoisotopic (exact) mass is 437 g/mol. The number of nitrogens with two attached hydrogens (primary N) is 1. The molecule has 3 aliphatic heterocycles. The maximum atomic E-state index is 13.3. The van der Waals surface area contributed by atoms with Gasteiger partial charge >= 0.3 is 0 Å². The zero-order valence-corrected chi connectivity index (χ0v) is 17.9. The minimum Gasteiger partial charge on any atom is -0.325 e. The molecule has 3 N–H and O–H groups in total. The van der Waals surface area contributed by atoms with Crippen LogP contribution in [0.2, 0.25) is 0 Å². The van der Waals surface area contributed by atoms with E-state index >= 15 is 0 Å². The van der Waals surface area contributed by atoms with Crippen molar-refractivity contribution in [1.29, 1.82) is 0 Å². The molecule has 0 aliphatic carbocycles. The second-order valence-electron chi connectivity index (χ2n) is 8.75. The largest absolute Gasteiger partial charge is 0.325 e. The molecule has 32 heavy (non-hydrogen) atoms. The highest BCUT2D eigenvalue weighted by atomic mass is 16.2. The SMILES string of the molecule is NCc1cn(C2CCN(Cc3cccc4c3C(=O)N(C3CCC(=O)NC3=O)C4)CC2)nn1. The first-order valence-electron chi connectivity index (χ1n) is 11.1. The number of benzene rings is 1. The Morgan fingerprint density at radius 2 is 1.94 bits per heavy atom. The average molecular weight is 438 g/mol. The molecule has 5 rings (SSSR count). The number of fused-ring (bicyclic) bond motifs is 1. The quantitative estimate of drug-likeness (QED) is 0.646. The number of piperidine rings is 2. The molecule has 2 fully saturated rings. The first kappa shape index (κ1) is 20.8. The third-order valence-corrected chi connectivity index (χ3v) is 6.73. The molecule has 3 amide bonds. The van der Waals surface area contributed by atoms with Crippen LogP contribution in [-0.2, 0) is 29.2 Å². The van der Waals surface area contributed by atoms with Gasteiger partial charge in [0, 0.05) is 44.7 Å². The fourth-order valence-electron chi connectivity index (χ4n) is 4.99. The van der Waals surface area contributed by atoms with Gasteiger partial charge in [-0.15, -0.1) is 5.10 Å². The average Bonchev–Trinajstić information content (AvgIpc) is 3.40. The maximum Gasteiger partial charge on any atom is 0.255 e. The molecule has 1 atom stereocenters. The lowest BCUT2D eigenvalue weighted by atomic mass is 10.00. The van der Waals surface area contributed by atoms with Gasteiger partial charge in [-0.3, -0.25) is 24.6 Å². The normalized spacial score (nSPS) is 22.3. The molecule has 0 radical (unpaired) electrons. The number of imide groups is 1. The number of aromatic nitrogens is 3. The molecular weight excluding hydrogens is 410 g/mol. The van der Waals surface area contributed by atoms with E-state index in [1.807, 2.05) is 29.1 Å². The Hall–Kier alpha value is -3.11. The molecule has 168 valence electrons. The summed E-state index contributed by atoms with van der Waals surface area (Å²) in [5.41, 5.74) is 9.08. The summed E-state index contributed by atoms with van der Waals surface area (Å²) in [6, 6.07) is 5.66. The van der Waals surface area contributed by atoms with Crippen molar-refractivity contribution >= 4 is 17.7 Å². The van der Waals surface area contributed by atoms with Crippen LogP contribution in [-0.4, -0.2) is 61.6 Å². The van der Waals surface area contributed by atoms with Gasteiger partial charge in [0.05, 0.1) is 17.9 Å².